The van der Waals surface area contributed by atoms with E-state index in [1.165, 1.54) is 25.7 Å². The second-order valence-corrected chi connectivity index (χ2v) is 5.14. The number of nitrogens with zero attached hydrogens (tertiary/aromatic N) is 1. The number of benzene rings is 1. The maximum Gasteiger partial charge on any atom is 0.261 e. The lowest BCUT2D eigenvalue weighted by Crippen LogP contribution is -1.73. The molecule has 0 atom stereocenters. The lowest BCUT2D eigenvalue weighted by atomic mass is 10.2. The zero-order valence-corrected chi connectivity index (χ0v) is 11.6. The molecule has 0 bridgehead atoms. The van der Waals surface area contributed by atoms with E-state index in [4.69, 9.17) is 4.42 Å². The van der Waals surface area contributed by atoms with Crippen LogP contribution in [0.3, 0.4) is 0 Å². The summed E-state index contributed by atoms with van der Waals surface area (Å²) in [4.78, 5) is 4.40. The molecule has 1 heterocycles. The van der Waals surface area contributed by atoms with Crippen molar-refractivity contribution in [2.45, 2.75) is 44.3 Å². The number of para-hydroxylation sites is 2. The van der Waals surface area contributed by atoms with Crippen LogP contribution in [0.25, 0.3) is 11.1 Å². The van der Waals surface area contributed by atoms with Gasteiger partial charge in [-0.25, -0.2) is 4.98 Å². The van der Waals surface area contributed by atoms with Gasteiger partial charge in [-0.1, -0.05) is 44.4 Å². The molecule has 2 rings (SSSR count). The van der Waals surface area contributed by atoms with Crippen molar-refractivity contribution in [3.05, 3.63) is 35.7 Å². The molecule has 2 nitrogen and oxygen atoms in total. The van der Waals surface area contributed by atoms with Crippen molar-refractivity contribution in [1.82, 2.24) is 4.98 Å². The molecule has 18 heavy (non-hydrogen) atoms. The number of aromatic nitrogens is 1. The van der Waals surface area contributed by atoms with Crippen molar-refractivity contribution in [1.29, 1.82) is 0 Å². The number of hydrogen-bond donors (Lipinski definition) is 0. The fraction of sp³-hybridized carbons (Fsp3) is 0.400. The van der Waals surface area contributed by atoms with Crippen molar-refractivity contribution in [3.63, 3.8) is 0 Å². The molecule has 0 saturated carbocycles. The van der Waals surface area contributed by atoms with Crippen molar-refractivity contribution in [3.8, 4) is 0 Å². The Balaban J connectivity index is 1.77. The van der Waals surface area contributed by atoms with Crippen LogP contribution in [0.2, 0.25) is 0 Å². The SMILES string of the molecule is CCCCCCC=CSc1nc2ccccc2o1. The normalized spacial score (nSPS) is 11.6. The van der Waals surface area contributed by atoms with Gasteiger partial charge in [0.15, 0.2) is 5.58 Å². The maximum atomic E-state index is 5.61. The summed E-state index contributed by atoms with van der Waals surface area (Å²) in [7, 11) is 0. The third kappa shape index (κ3) is 3.91. The highest BCUT2D eigenvalue weighted by molar-refractivity contribution is 8.01. The number of allylic oxidation sites excluding steroid dienone is 1. The topological polar surface area (TPSA) is 26.0 Å². The van der Waals surface area contributed by atoms with Gasteiger partial charge in [-0.05, 0) is 42.1 Å². The first-order valence-electron chi connectivity index (χ1n) is 6.57. The van der Waals surface area contributed by atoms with E-state index in [0.29, 0.717) is 0 Å². The molecule has 3 heteroatoms. The third-order valence-electron chi connectivity index (χ3n) is 2.76. The monoisotopic (exact) mass is 261 g/mol. The van der Waals surface area contributed by atoms with Gasteiger partial charge in [0.2, 0.25) is 0 Å². The van der Waals surface area contributed by atoms with Gasteiger partial charge in [-0.3, -0.25) is 0 Å². The summed E-state index contributed by atoms with van der Waals surface area (Å²) in [5.41, 5.74) is 1.78. The van der Waals surface area contributed by atoms with Crippen LogP contribution < -0.4 is 0 Å². The fourth-order valence-corrected chi connectivity index (χ4v) is 2.40. The molecular formula is C15H19NOS. The van der Waals surface area contributed by atoms with E-state index in [2.05, 4.69) is 23.4 Å². The molecule has 0 radical (unpaired) electrons. The summed E-state index contributed by atoms with van der Waals surface area (Å²) < 4.78 is 5.61. The first kappa shape index (κ1) is 13.2. The summed E-state index contributed by atoms with van der Waals surface area (Å²) in [6.07, 6.45) is 8.59. The van der Waals surface area contributed by atoms with Crippen LogP contribution >= 0.6 is 11.8 Å². The minimum absolute atomic E-state index is 0.723. The number of fused-ring (bicyclic) bond motifs is 1. The van der Waals surface area contributed by atoms with E-state index in [1.807, 2.05) is 24.3 Å². The maximum absolute atomic E-state index is 5.61. The van der Waals surface area contributed by atoms with Crippen LogP contribution in [-0.4, -0.2) is 4.98 Å². The van der Waals surface area contributed by atoms with E-state index in [-0.39, 0.29) is 0 Å². The number of hydrogen-bond acceptors (Lipinski definition) is 3. The second kappa shape index (κ2) is 7.27. The Labute approximate surface area is 112 Å². The molecule has 0 saturated heterocycles. The molecule has 0 aliphatic rings. The molecule has 96 valence electrons. The van der Waals surface area contributed by atoms with Gasteiger partial charge in [0, 0.05) is 0 Å². The summed E-state index contributed by atoms with van der Waals surface area (Å²) in [5, 5.41) is 2.80. The average molecular weight is 261 g/mol. The van der Waals surface area contributed by atoms with E-state index >= 15 is 0 Å². The summed E-state index contributed by atoms with van der Waals surface area (Å²) in [5.74, 6) is 0. The Hall–Kier alpha value is -1.22. The Morgan fingerprint density at radius 1 is 1.22 bits per heavy atom. The van der Waals surface area contributed by atoms with Gasteiger partial charge in [0.05, 0.1) is 0 Å². The third-order valence-corrected chi connectivity index (χ3v) is 3.47. The predicted octanol–water partition coefficient (Wildman–Crippen LogP) is 5.40. The van der Waals surface area contributed by atoms with E-state index in [9.17, 15) is 0 Å². The van der Waals surface area contributed by atoms with Gasteiger partial charge >= 0.3 is 0 Å². The van der Waals surface area contributed by atoms with E-state index < -0.39 is 0 Å². The Morgan fingerprint density at radius 3 is 2.94 bits per heavy atom. The highest BCUT2D eigenvalue weighted by Gasteiger charge is 2.02. The molecular weight excluding hydrogens is 242 g/mol. The minimum Gasteiger partial charge on any atom is -0.431 e. The van der Waals surface area contributed by atoms with Crippen LogP contribution in [0.1, 0.15) is 39.0 Å². The lowest BCUT2D eigenvalue weighted by molar-refractivity contribution is 0.490. The largest absolute Gasteiger partial charge is 0.431 e. The molecule has 2 aromatic rings. The standard InChI is InChI=1S/C15H19NOS/c1-2-3-4-5-6-9-12-18-15-16-13-10-7-8-11-14(13)17-15/h7-12H,2-6H2,1H3. The summed E-state index contributed by atoms with van der Waals surface area (Å²) >= 11 is 1.55. The van der Waals surface area contributed by atoms with Crippen LogP contribution in [0.4, 0.5) is 0 Å². The van der Waals surface area contributed by atoms with Crippen LogP contribution in [0, 0.1) is 0 Å². The molecule has 0 spiro atoms. The van der Waals surface area contributed by atoms with Gasteiger partial charge in [-0.15, -0.1) is 0 Å². The zero-order chi connectivity index (χ0) is 12.6. The van der Waals surface area contributed by atoms with Crippen LogP contribution in [-0.2, 0) is 0 Å². The summed E-state index contributed by atoms with van der Waals surface area (Å²) in [6, 6.07) is 7.85. The molecule has 0 amide bonds. The molecule has 0 unspecified atom stereocenters. The van der Waals surface area contributed by atoms with E-state index in [1.54, 1.807) is 11.8 Å². The zero-order valence-electron chi connectivity index (χ0n) is 10.8. The predicted molar refractivity (Wildman–Crippen MR) is 77.8 cm³/mol. The second-order valence-electron chi connectivity index (χ2n) is 4.29. The lowest BCUT2D eigenvalue weighted by Gasteiger charge is -1.93. The quantitative estimate of drug-likeness (QED) is 0.492. The van der Waals surface area contributed by atoms with Crippen molar-refractivity contribution < 1.29 is 4.42 Å². The van der Waals surface area contributed by atoms with Crippen molar-refractivity contribution >= 4 is 22.9 Å². The number of rotatable bonds is 7. The van der Waals surface area contributed by atoms with Gasteiger partial charge in [0.1, 0.15) is 5.52 Å². The number of thioether (sulfide) groups is 1. The van der Waals surface area contributed by atoms with Crippen molar-refractivity contribution in [2.75, 3.05) is 0 Å². The highest BCUT2D eigenvalue weighted by Crippen LogP contribution is 2.23. The van der Waals surface area contributed by atoms with Crippen molar-refractivity contribution in [2.24, 2.45) is 0 Å². The Morgan fingerprint density at radius 2 is 2.11 bits per heavy atom. The molecule has 1 aromatic carbocycles. The van der Waals surface area contributed by atoms with Gasteiger partial charge in [0.25, 0.3) is 5.22 Å². The molecule has 0 aliphatic carbocycles. The highest BCUT2D eigenvalue weighted by atomic mass is 32.2. The first-order valence-corrected chi connectivity index (χ1v) is 7.45. The smallest absolute Gasteiger partial charge is 0.261 e. The first-order chi connectivity index (χ1) is 8.90. The number of unbranched alkanes of at least 4 members (excludes halogenated alkanes) is 4. The minimum atomic E-state index is 0.723. The Bertz CT molecular complexity index is 471. The fourth-order valence-electron chi connectivity index (χ4n) is 1.76. The van der Waals surface area contributed by atoms with Crippen LogP contribution in [0.15, 0.2) is 45.4 Å². The number of oxazole rings is 1. The Kier molecular flexibility index (Phi) is 5.34. The molecule has 0 fully saturated rings. The molecule has 1 aromatic heterocycles. The average Bonchev–Trinajstić information content (AvgIpc) is 2.80. The van der Waals surface area contributed by atoms with E-state index in [0.717, 1.165) is 22.7 Å². The summed E-state index contributed by atoms with van der Waals surface area (Å²) in [6.45, 7) is 2.24. The van der Waals surface area contributed by atoms with Crippen LogP contribution in [0.5, 0.6) is 0 Å². The van der Waals surface area contributed by atoms with Gasteiger partial charge < -0.3 is 4.42 Å². The molecule has 0 N–H and O–H groups in total. The van der Waals surface area contributed by atoms with Gasteiger partial charge in [-0.2, -0.15) is 0 Å². The molecule has 0 aliphatic heterocycles.